The number of carbonyl (C=O) groups excluding carboxylic acids is 1. The number of hydrogen-bond acceptors (Lipinski definition) is 2. The number of likely N-dealkylation sites (N-methyl/N-ethyl adjacent to an activating group) is 1. The Morgan fingerprint density at radius 3 is 1.52 bits per heavy atom. The second-order valence-corrected chi connectivity index (χ2v) is 3.83. The molecule has 1 aromatic carbocycles. The SMILES string of the molecule is CC.CC.CC.COC1CCC(=O)N(C)C1.[B].c1ccccc1. The maximum absolute atomic E-state index is 10.9. The predicted molar refractivity (Wildman–Crippen MR) is 104 cm³/mol. The lowest BCUT2D eigenvalue weighted by Gasteiger charge is -2.28. The van der Waals surface area contributed by atoms with Crippen LogP contribution < -0.4 is 0 Å². The third-order valence-corrected chi connectivity index (χ3v) is 2.58. The zero-order valence-corrected chi connectivity index (χ0v) is 16.5. The first kappa shape index (κ1) is 29.7. The Morgan fingerprint density at radius 2 is 1.26 bits per heavy atom. The molecule has 0 aromatic heterocycles. The van der Waals surface area contributed by atoms with Crippen LogP contribution in [0.3, 0.4) is 0 Å². The lowest BCUT2D eigenvalue weighted by atomic mass is 10.1. The number of benzene rings is 1. The highest BCUT2D eigenvalue weighted by atomic mass is 16.5. The molecule has 1 atom stereocenters. The van der Waals surface area contributed by atoms with Gasteiger partial charge in [-0.1, -0.05) is 77.9 Å². The number of hydrogen-bond donors (Lipinski definition) is 0. The molecule has 1 fully saturated rings. The zero-order valence-electron chi connectivity index (χ0n) is 16.5. The minimum Gasteiger partial charge on any atom is -0.380 e. The summed E-state index contributed by atoms with van der Waals surface area (Å²) in [6, 6.07) is 12.0. The molecule has 1 aliphatic heterocycles. The number of methoxy groups -OCH3 is 1. The maximum atomic E-state index is 10.9. The van der Waals surface area contributed by atoms with Crippen LogP contribution in [-0.4, -0.2) is 46.0 Å². The maximum Gasteiger partial charge on any atom is 0.222 e. The summed E-state index contributed by atoms with van der Waals surface area (Å²) in [5.41, 5.74) is 0. The fraction of sp³-hybridized carbons (Fsp3) is 0.632. The van der Waals surface area contributed by atoms with Crippen LogP contribution in [0.25, 0.3) is 0 Å². The van der Waals surface area contributed by atoms with Crippen molar-refractivity contribution >= 4 is 14.3 Å². The standard InChI is InChI=1S/C7H13NO2.C6H6.3C2H6.B/c1-8-5-6(10-2)3-4-7(8)9;1-2-4-6-5-3-1;3*1-2;/h6H,3-5H2,1-2H3;1-6H;3*1-2H3;. The van der Waals surface area contributed by atoms with Crippen LogP contribution in [0.1, 0.15) is 54.4 Å². The van der Waals surface area contributed by atoms with E-state index in [1.807, 2.05) is 85.0 Å². The Hall–Kier alpha value is -1.29. The Balaban J connectivity index is -0.000000120. The van der Waals surface area contributed by atoms with Gasteiger partial charge in [-0.3, -0.25) is 4.79 Å². The molecule has 1 unspecified atom stereocenters. The van der Waals surface area contributed by atoms with E-state index in [0.717, 1.165) is 13.0 Å². The van der Waals surface area contributed by atoms with Crippen molar-refractivity contribution in [2.45, 2.75) is 60.5 Å². The summed E-state index contributed by atoms with van der Waals surface area (Å²) >= 11 is 0. The molecule has 0 aliphatic carbocycles. The topological polar surface area (TPSA) is 29.5 Å². The lowest BCUT2D eigenvalue weighted by molar-refractivity contribution is -0.135. The molecule has 1 saturated heterocycles. The van der Waals surface area contributed by atoms with Crippen LogP contribution in [0.5, 0.6) is 0 Å². The third-order valence-electron chi connectivity index (χ3n) is 2.58. The normalized spacial score (nSPS) is 14.7. The number of piperidine rings is 1. The molecule has 1 aliphatic rings. The van der Waals surface area contributed by atoms with Gasteiger partial charge in [0.2, 0.25) is 5.91 Å². The minimum absolute atomic E-state index is 0. The number of carbonyl (C=O) groups is 1. The van der Waals surface area contributed by atoms with E-state index in [-0.39, 0.29) is 20.4 Å². The van der Waals surface area contributed by atoms with Gasteiger partial charge in [0.15, 0.2) is 0 Å². The molecule has 3 nitrogen and oxygen atoms in total. The highest BCUT2D eigenvalue weighted by molar-refractivity contribution is 5.76. The van der Waals surface area contributed by atoms with Gasteiger partial charge in [0, 0.05) is 35.5 Å². The molecule has 2 rings (SSSR count). The summed E-state index contributed by atoms with van der Waals surface area (Å²) in [5.74, 6) is 0.230. The van der Waals surface area contributed by atoms with Gasteiger partial charge in [-0.2, -0.15) is 0 Å². The van der Waals surface area contributed by atoms with Gasteiger partial charge in [0.1, 0.15) is 0 Å². The van der Waals surface area contributed by atoms with Gasteiger partial charge in [-0.25, -0.2) is 0 Å². The molecule has 4 heteroatoms. The first-order valence-corrected chi connectivity index (χ1v) is 8.51. The molecule has 0 spiro atoms. The van der Waals surface area contributed by atoms with Gasteiger partial charge in [0.05, 0.1) is 6.10 Å². The van der Waals surface area contributed by atoms with Crippen molar-refractivity contribution in [3.63, 3.8) is 0 Å². The summed E-state index contributed by atoms with van der Waals surface area (Å²) in [6.45, 7) is 12.7. The molecule has 0 N–H and O–H groups in total. The van der Waals surface area contributed by atoms with Gasteiger partial charge >= 0.3 is 0 Å². The van der Waals surface area contributed by atoms with Crippen molar-refractivity contribution in [2.24, 2.45) is 0 Å². The number of rotatable bonds is 1. The van der Waals surface area contributed by atoms with Crippen LogP contribution in [0.2, 0.25) is 0 Å². The quantitative estimate of drug-likeness (QED) is 0.705. The first-order chi connectivity index (χ1) is 10.7. The summed E-state index contributed by atoms with van der Waals surface area (Å²) < 4.78 is 5.12. The van der Waals surface area contributed by atoms with Crippen molar-refractivity contribution in [1.82, 2.24) is 4.90 Å². The second kappa shape index (κ2) is 25.7. The average molecular weight is 322 g/mol. The lowest BCUT2D eigenvalue weighted by Crippen LogP contribution is -2.40. The Labute approximate surface area is 147 Å². The van der Waals surface area contributed by atoms with E-state index in [4.69, 9.17) is 4.74 Å². The fourth-order valence-corrected chi connectivity index (χ4v) is 1.55. The molecule has 0 bridgehead atoms. The number of likely N-dealkylation sites (tertiary alicyclic amines) is 1. The fourth-order valence-electron chi connectivity index (χ4n) is 1.55. The Morgan fingerprint density at radius 1 is 0.913 bits per heavy atom. The molecule has 133 valence electrons. The number of ether oxygens (including phenoxy) is 1. The van der Waals surface area contributed by atoms with Gasteiger partial charge in [-0.15, -0.1) is 0 Å². The van der Waals surface area contributed by atoms with Crippen LogP contribution in [0.4, 0.5) is 0 Å². The molecular weight excluding hydrogens is 285 g/mol. The Kier molecular flexibility index (Phi) is 33.1. The van der Waals surface area contributed by atoms with Crippen molar-refractivity contribution in [1.29, 1.82) is 0 Å². The van der Waals surface area contributed by atoms with Crippen molar-refractivity contribution in [2.75, 3.05) is 20.7 Å². The van der Waals surface area contributed by atoms with E-state index in [1.54, 1.807) is 12.0 Å². The van der Waals surface area contributed by atoms with Crippen LogP contribution in [0.15, 0.2) is 36.4 Å². The van der Waals surface area contributed by atoms with E-state index in [0.29, 0.717) is 6.42 Å². The highest BCUT2D eigenvalue weighted by Crippen LogP contribution is 2.11. The first-order valence-electron chi connectivity index (χ1n) is 8.51. The molecule has 1 heterocycles. The molecular formula is C19H37BNO2. The van der Waals surface area contributed by atoms with E-state index < -0.39 is 0 Å². The molecule has 1 amide bonds. The molecule has 23 heavy (non-hydrogen) atoms. The molecule has 0 saturated carbocycles. The van der Waals surface area contributed by atoms with Crippen molar-refractivity contribution in [3.8, 4) is 0 Å². The highest BCUT2D eigenvalue weighted by Gasteiger charge is 2.21. The van der Waals surface area contributed by atoms with Crippen molar-refractivity contribution in [3.05, 3.63) is 36.4 Å². The van der Waals surface area contributed by atoms with E-state index in [2.05, 4.69) is 0 Å². The van der Waals surface area contributed by atoms with Gasteiger partial charge < -0.3 is 9.64 Å². The van der Waals surface area contributed by atoms with Crippen molar-refractivity contribution < 1.29 is 9.53 Å². The predicted octanol–water partition coefficient (Wildman–Crippen LogP) is 4.64. The smallest absolute Gasteiger partial charge is 0.222 e. The summed E-state index contributed by atoms with van der Waals surface area (Å²) in [7, 11) is 3.50. The van der Waals surface area contributed by atoms with E-state index >= 15 is 0 Å². The summed E-state index contributed by atoms with van der Waals surface area (Å²) in [6.07, 6.45) is 1.76. The Bertz CT molecular complexity index is 281. The van der Waals surface area contributed by atoms with E-state index in [1.165, 1.54) is 0 Å². The summed E-state index contributed by atoms with van der Waals surface area (Å²) in [5, 5.41) is 0. The third kappa shape index (κ3) is 18.7. The second-order valence-electron chi connectivity index (χ2n) is 3.83. The molecule has 3 radical (unpaired) electrons. The zero-order chi connectivity index (χ0) is 17.8. The summed E-state index contributed by atoms with van der Waals surface area (Å²) in [4.78, 5) is 12.6. The average Bonchev–Trinajstić information content (AvgIpc) is 2.64. The minimum atomic E-state index is 0. The largest absolute Gasteiger partial charge is 0.380 e. The number of nitrogens with zero attached hydrogens (tertiary/aromatic N) is 1. The number of amides is 1. The van der Waals surface area contributed by atoms with Crippen LogP contribution in [0, 0.1) is 0 Å². The van der Waals surface area contributed by atoms with E-state index in [9.17, 15) is 4.79 Å². The molecule has 1 aromatic rings. The monoisotopic (exact) mass is 322 g/mol. The van der Waals surface area contributed by atoms with Crippen LogP contribution in [-0.2, 0) is 9.53 Å². The van der Waals surface area contributed by atoms with Crippen LogP contribution >= 0.6 is 0 Å². The van der Waals surface area contributed by atoms with Gasteiger partial charge in [0.25, 0.3) is 0 Å². The van der Waals surface area contributed by atoms with Gasteiger partial charge in [-0.05, 0) is 6.42 Å².